The molecule has 5 nitrogen and oxygen atoms in total. The Kier molecular flexibility index (Phi) is 6.43. The van der Waals surface area contributed by atoms with E-state index in [4.69, 9.17) is 15.0 Å². The van der Waals surface area contributed by atoms with Crippen LogP contribution in [0.3, 0.4) is 0 Å². The van der Waals surface area contributed by atoms with Gasteiger partial charge in [-0.15, -0.1) is 22.7 Å². The van der Waals surface area contributed by atoms with E-state index in [9.17, 15) is 0 Å². The lowest BCUT2D eigenvalue weighted by Gasteiger charge is -2.09. The summed E-state index contributed by atoms with van der Waals surface area (Å²) in [5.41, 5.74) is 6.17. The maximum absolute atomic E-state index is 5.05. The van der Waals surface area contributed by atoms with E-state index in [1.807, 2.05) is 24.5 Å². The fourth-order valence-electron chi connectivity index (χ4n) is 5.88. The second kappa shape index (κ2) is 11.1. The molecule has 0 spiro atoms. The SMILES string of the molecule is c1cncc(-c2ccc(-c3nc(-c4ccc(-c5cccnc5)cc4)nc(-c4cc5ccc6c(ccc7ccsc76)c5s4)n3)cc2)c1. The van der Waals surface area contributed by atoms with Gasteiger partial charge in [0.2, 0.25) is 0 Å². The van der Waals surface area contributed by atoms with Crippen LogP contribution in [0.4, 0.5) is 0 Å². The molecule has 216 valence electrons. The Morgan fingerprint density at radius 2 is 0.978 bits per heavy atom. The average molecular weight is 626 g/mol. The summed E-state index contributed by atoms with van der Waals surface area (Å²) in [7, 11) is 0. The highest BCUT2D eigenvalue weighted by molar-refractivity contribution is 7.23. The van der Waals surface area contributed by atoms with Gasteiger partial charge >= 0.3 is 0 Å². The summed E-state index contributed by atoms with van der Waals surface area (Å²) in [5.74, 6) is 1.94. The molecule has 0 radical (unpaired) electrons. The van der Waals surface area contributed by atoms with Crippen LogP contribution >= 0.6 is 22.7 Å². The predicted molar refractivity (Wildman–Crippen MR) is 191 cm³/mol. The molecule has 5 aromatic heterocycles. The van der Waals surface area contributed by atoms with Crippen LogP contribution in [0.2, 0.25) is 0 Å². The normalized spacial score (nSPS) is 11.5. The molecule has 46 heavy (non-hydrogen) atoms. The zero-order valence-corrected chi connectivity index (χ0v) is 26.0. The molecule has 0 unspecified atom stereocenters. The van der Waals surface area contributed by atoms with E-state index >= 15 is 0 Å². The van der Waals surface area contributed by atoms with Gasteiger partial charge in [0.1, 0.15) is 0 Å². The summed E-state index contributed by atoms with van der Waals surface area (Å²) < 4.78 is 2.57. The average Bonchev–Trinajstić information content (AvgIpc) is 3.80. The number of benzene rings is 4. The first-order valence-corrected chi connectivity index (χ1v) is 16.6. The third kappa shape index (κ3) is 4.74. The molecule has 0 aliphatic carbocycles. The second-order valence-electron chi connectivity index (χ2n) is 11.0. The number of pyridine rings is 2. The van der Waals surface area contributed by atoms with Gasteiger partial charge in [0.15, 0.2) is 17.5 Å². The molecule has 0 N–H and O–H groups in total. The summed E-state index contributed by atoms with van der Waals surface area (Å²) in [5, 5.41) is 7.18. The highest BCUT2D eigenvalue weighted by Crippen LogP contribution is 2.40. The highest BCUT2D eigenvalue weighted by atomic mass is 32.1. The van der Waals surface area contributed by atoms with Crippen molar-refractivity contribution in [2.45, 2.75) is 0 Å². The second-order valence-corrected chi connectivity index (χ2v) is 13.0. The number of aromatic nitrogens is 5. The van der Waals surface area contributed by atoms with Crippen molar-refractivity contribution in [2.24, 2.45) is 0 Å². The topological polar surface area (TPSA) is 64.5 Å². The van der Waals surface area contributed by atoms with E-state index in [0.717, 1.165) is 38.3 Å². The van der Waals surface area contributed by atoms with Crippen LogP contribution in [-0.2, 0) is 0 Å². The Labute approximate surface area is 272 Å². The molecule has 0 amide bonds. The number of hydrogen-bond acceptors (Lipinski definition) is 7. The Balaban J connectivity index is 1.18. The number of hydrogen-bond donors (Lipinski definition) is 0. The van der Waals surface area contributed by atoms with Crippen molar-refractivity contribution in [1.29, 1.82) is 0 Å². The van der Waals surface area contributed by atoms with Gasteiger partial charge in [0.05, 0.1) is 4.88 Å². The third-order valence-electron chi connectivity index (χ3n) is 8.23. The van der Waals surface area contributed by atoms with Crippen molar-refractivity contribution in [3.63, 3.8) is 0 Å². The molecule has 0 aliphatic heterocycles. The van der Waals surface area contributed by atoms with Gasteiger partial charge in [-0.1, -0.05) is 84.9 Å². The molecule has 0 bridgehead atoms. The standard InChI is InChI=1S/C39H23N5S2/c1-3-30(22-40-18-1)24-5-9-27(10-6-24)37-42-38(28-11-7-25(8-12-28)31-4-2-19-41-23-31)44-39(43-37)34-21-29-14-16-32-33(36(29)46-34)15-13-26-17-20-45-35(26)32/h1-23H. The number of rotatable bonds is 5. The van der Waals surface area contributed by atoms with Crippen molar-refractivity contribution >= 4 is 53.6 Å². The van der Waals surface area contributed by atoms with Gasteiger partial charge in [0.25, 0.3) is 0 Å². The number of nitrogens with zero attached hydrogens (tertiary/aromatic N) is 5. The molecule has 0 saturated carbocycles. The van der Waals surface area contributed by atoms with E-state index in [0.29, 0.717) is 17.5 Å². The van der Waals surface area contributed by atoms with Crippen LogP contribution in [0, 0.1) is 0 Å². The van der Waals surface area contributed by atoms with Crippen molar-refractivity contribution < 1.29 is 0 Å². The Bertz CT molecular complexity index is 2400. The first-order chi connectivity index (χ1) is 22.8. The van der Waals surface area contributed by atoms with E-state index in [1.54, 1.807) is 35.1 Å². The molecule has 0 atom stereocenters. The monoisotopic (exact) mass is 625 g/mol. The van der Waals surface area contributed by atoms with Crippen LogP contribution < -0.4 is 0 Å². The minimum absolute atomic E-state index is 0.636. The molecule has 7 heteroatoms. The molecular formula is C39H23N5S2. The fourth-order valence-corrected chi connectivity index (χ4v) is 7.92. The van der Waals surface area contributed by atoms with E-state index < -0.39 is 0 Å². The summed E-state index contributed by atoms with van der Waals surface area (Å²) in [4.78, 5) is 24.7. The maximum Gasteiger partial charge on any atom is 0.174 e. The van der Waals surface area contributed by atoms with Crippen molar-refractivity contribution in [1.82, 2.24) is 24.9 Å². The van der Waals surface area contributed by atoms with Gasteiger partial charge in [-0.05, 0) is 62.7 Å². The largest absolute Gasteiger partial charge is 0.264 e. The molecule has 0 aliphatic rings. The fraction of sp³-hybridized carbons (Fsp3) is 0. The number of thiophene rings is 2. The Morgan fingerprint density at radius 3 is 1.57 bits per heavy atom. The summed E-state index contributed by atoms with van der Waals surface area (Å²) in [6.07, 6.45) is 7.32. The van der Waals surface area contributed by atoms with Crippen LogP contribution in [0.15, 0.2) is 139 Å². The Morgan fingerprint density at radius 1 is 0.435 bits per heavy atom. The maximum atomic E-state index is 5.05. The predicted octanol–water partition coefficient (Wildman–Crippen LogP) is 10.6. The molecule has 5 heterocycles. The van der Waals surface area contributed by atoms with E-state index in [2.05, 4.69) is 112 Å². The van der Waals surface area contributed by atoms with Gasteiger partial charge in [-0.2, -0.15) is 0 Å². The summed E-state index contributed by atoms with van der Waals surface area (Å²) in [6.45, 7) is 0. The van der Waals surface area contributed by atoms with Crippen LogP contribution in [0.1, 0.15) is 0 Å². The summed E-state index contributed by atoms with van der Waals surface area (Å²) >= 11 is 3.53. The minimum Gasteiger partial charge on any atom is -0.264 e. The van der Waals surface area contributed by atoms with Crippen molar-refractivity contribution in [3.8, 4) is 55.7 Å². The van der Waals surface area contributed by atoms with E-state index in [-0.39, 0.29) is 0 Å². The highest BCUT2D eigenvalue weighted by Gasteiger charge is 2.16. The van der Waals surface area contributed by atoms with Crippen molar-refractivity contribution in [2.75, 3.05) is 0 Å². The first kappa shape index (κ1) is 26.7. The van der Waals surface area contributed by atoms with Gasteiger partial charge in [-0.25, -0.2) is 15.0 Å². The van der Waals surface area contributed by atoms with Crippen LogP contribution in [0.5, 0.6) is 0 Å². The quantitative estimate of drug-likeness (QED) is 0.190. The lowest BCUT2D eigenvalue weighted by atomic mass is 10.0. The van der Waals surface area contributed by atoms with E-state index in [1.165, 1.54) is 30.9 Å². The molecule has 4 aromatic carbocycles. The lowest BCUT2D eigenvalue weighted by molar-refractivity contribution is 1.08. The lowest BCUT2D eigenvalue weighted by Crippen LogP contribution is -1.99. The zero-order chi connectivity index (χ0) is 30.5. The smallest absolute Gasteiger partial charge is 0.174 e. The molecule has 0 saturated heterocycles. The van der Waals surface area contributed by atoms with Gasteiger partial charge < -0.3 is 0 Å². The van der Waals surface area contributed by atoms with Gasteiger partial charge in [-0.3, -0.25) is 9.97 Å². The summed E-state index contributed by atoms with van der Waals surface area (Å²) in [6, 6.07) is 38.0. The molecule has 9 aromatic rings. The first-order valence-electron chi connectivity index (χ1n) is 14.9. The molecule has 0 fully saturated rings. The van der Waals surface area contributed by atoms with Crippen LogP contribution in [-0.4, -0.2) is 24.9 Å². The molecular weight excluding hydrogens is 603 g/mol. The number of fused-ring (bicyclic) bond motifs is 5. The zero-order valence-electron chi connectivity index (χ0n) is 24.3. The van der Waals surface area contributed by atoms with Crippen LogP contribution in [0.25, 0.3) is 86.7 Å². The minimum atomic E-state index is 0.636. The van der Waals surface area contributed by atoms with Gasteiger partial charge in [0, 0.05) is 56.1 Å². The third-order valence-corrected chi connectivity index (χ3v) is 10.4. The molecule has 9 rings (SSSR count). The van der Waals surface area contributed by atoms with Crippen molar-refractivity contribution in [3.05, 3.63) is 139 Å². The Hall–Kier alpha value is -5.63.